The second-order valence-corrected chi connectivity index (χ2v) is 5.19. The van der Waals surface area contributed by atoms with E-state index in [1.807, 2.05) is 13.0 Å². The number of halogens is 1. The van der Waals surface area contributed by atoms with Gasteiger partial charge in [0.05, 0.1) is 6.04 Å². The van der Waals surface area contributed by atoms with Crippen molar-refractivity contribution < 1.29 is 9.18 Å². The van der Waals surface area contributed by atoms with E-state index in [1.165, 1.54) is 12.1 Å². The molecule has 2 N–H and O–H groups in total. The quantitative estimate of drug-likeness (QED) is 0.793. The summed E-state index contributed by atoms with van der Waals surface area (Å²) in [6.45, 7) is 7.29. The number of carbonyl (C=O) groups is 1. The number of carbonyl (C=O) groups excluding carboxylic acids is 1. The SMILES string of the molecule is CC(C)CNC(=O)C(C)NCCc1cccc(F)c1. The Balaban J connectivity index is 2.26. The number of hydrogen-bond donors (Lipinski definition) is 2. The molecule has 0 aliphatic rings. The normalized spacial score (nSPS) is 12.5. The first-order chi connectivity index (χ1) is 8.99. The molecule has 1 aromatic rings. The molecule has 1 atom stereocenters. The van der Waals surface area contributed by atoms with Crippen LogP contribution in [0.3, 0.4) is 0 Å². The molecule has 4 heteroatoms. The van der Waals surface area contributed by atoms with Gasteiger partial charge < -0.3 is 10.6 Å². The van der Waals surface area contributed by atoms with Crippen molar-refractivity contribution in [3.05, 3.63) is 35.6 Å². The predicted molar refractivity (Wildman–Crippen MR) is 75.4 cm³/mol. The van der Waals surface area contributed by atoms with Crippen LogP contribution in [-0.4, -0.2) is 25.0 Å². The van der Waals surface area contributed by atoms with Gasteiger partial charge in [0.25, 0.3) is 0 Å². The zero-order valence-corrected chi connectivity index (χ0v) is 11.9. The van der Waals surface area contributed by atoms with Crippen molar-refractivity contribution in [2.24, 2.45) is 5.92 Å². The highest BCUT2D eigenvalue weighted by molar-refractivity contribution is 5.81. The van der Waals surface area contributed by atoms with Crippen molar-refractivity contribution in [2.75, 3.05) is 13.1 Å². The van der Waals surface area contributed by atoms with Gasteiger partial charge in [-0.3, -0.25) is 4.79 Å². The zero-order chi connectivity index (χ0) is 14.3. The van der Waals surface area contributed by atoms with Crippen LogP contribution in [0.5, 0.6) is 0 Å². The lowest BCUT2D eigenvalue weighted by Gasteiger charge is -2.15. The van der Waals surface area contributed by atoms with Gasteiger partial charge in [-0.1, -0.05) is 26.0 Å². The summed E-state index contributed by atoms with van der Waals surface area (Å²) in [6.07, 6.45) is 0.708. The molecule has 0 radical (unpaired) electrons. The fourth-order valence-corrected chi connectivity index (χ4v) is 1.68. The van der Waals surface area contributed by atoms with E-state index in [1.54, 1.807) is 6.07 Å². The van der Waals surface area contributed by atoms with Gasteiger partial charge in [0, 0.05) is 6.54 Å². The molecule has 0 saturated heterocycles. The Bertz CT molecular complexity index is 407. The lowest BCUT2D eigenvalue weighted by atomic mass is 10.1. The van der Waals surface area contributed by atoms with Crippen LogP contribution in [0.15, 0.2) is 24.3 Å². The van der Waals surface area contributed by atoms with Crippen LogP contribution in [0.25, 0.3) is 0 Å². The van der Waals surface area contributed by atoms with Crippen LogP contribution in [-0.2, 0) is 11.2 Å². The molecule has 1 amide bonds. The lowest BCUT2D eigenvalue weighted by Crippen LogP contribution is -2.43. The smallest absolute Gasteiger partial charge is 0.236 e. The van der Waals surface area contributed by atoms with Crippen LogP contribution in [0.2, 0.25) is 0 Å². The van der Waals surface area contributed by atoms with Crippen molar-refractivity contribution in [1.82, 2.24) is 10.6 Å². The van der Waals surface area contributed by atoms with Gasteiger partial charge in [-0.15, -0.1) is 0 Å². The predicted octanol–water partition coefficient (Wildman–Crippen LogP) is 2.12. The van der Waals surface area contributed by atoms with Crippen LogP contribution in [0, 0.1) is 11.7 Å². The number of nitrogens with one attached hydrogen (secondary N) is 2. The van der Waals surface area contributed by atoms with E-state index in [-0.39, 0.29) is 17.8 Å². The van der Waals surface area contributed by atoms with Crippen molar-refractivity contribution in [3.8, 4) is 0 Å². The monoisotopic (exact) mass is 266 g/mol. The lowest BCUT2D eigenvalue weighted by molar-refractivity contribution is -0.122. The third kappa shape index (κ3) is 6.34. The summed E-state index contributed by atoms with van der Waals surface area (Å²) in [5, 5.41) is 6.02. The Hall–Kier alpha value is -1.42. The summed E-state index contributed by atoms with van der Waals surface area (Å²) in [6, 6.07) is 6.30. The van der Waals surface area contributed by atoms with E-state index in [0.29, 0.717) is 25.4 Å². The largest absolute Gasteiger partial charge is 0.354 e. The molecule has 0 heterocycles. The summed E-state index contributed by atoms with van der Waals surface area (Å²) in [5.41, 5.74) is 0.933. The van der Waals surface area contributed by atoms with E-state index >= 15 is 0 Å². The highest BCUT2D eigenvalue weighted by atomic mass is 19.1. The van der Waals surface area contributed by atoms with Crippen LogP contribution >= 0.6 is 0 Å². The maximum Gasteiger partial charge on any atom is 0.236 e. The second kappa shape index (κ2) is 7.89. The molecule has 0 spiro atoms. The highest BCUT2D eigenvalue weighted by Crippen LogP contribution is 2.03. The number of rotatable bonds is 7. The molecule has 0 fully saturated rings. The van der Waals surface area contributed by atoms with E-state index in [0.717, 1.165) is 5.56 Å². The summed E-state index contributed by atoms with van der Waals surface area (Å²) >= 11 is 0. The van der Waals surface area contributed by atoms with Crippen molar-refractivity contribution in [2.45, 2.75) is 33.2 Å². The van der Waals surface area contributed by atoms with Crippen molar-refractivity contribution >= 4 is 5.91 Å². The molecule has 3 nitrogen and oxygen atoms in total. The minimum Gasteiger partial charge on any atom is -0.354 e. The van der Waals surface area contributed by atoms with Crippen LogP contribution in [0.4, 0.5) is 4.39 Å². The number of benzene rings is 1. The molecule has 0 aromatic heterocycles. The Morgan fingerprint density at radius 3 is 2.68 bits per heavy atom. The zero-order valence-electron chi connectivity index (χ0n) is 11.9. The van der Waals surface area contributed by atoms with Gasteiger partial charge in [0.1, 0.15) is 5.82 Å². The van der Waals surface area contributed by atoms with Gasteiger partial charge in [0.15, 0.2) is 0 Å². The molecule has 0 saturated carbocycles. The molecule has 0 bridgehead atoms. The summed E-state index contributed by atoms with van der Waals surface area (Å²) in [4.78, 5) is 11.7. The fraction of sp³-hybridized carbons (Fsp3) is 0.533. The summed E-state index contributed by atoms with van der Waals surface area (Å²) in [5.74, 6) is 0.233. The van der Waals surface area contributed by atoms with E-state index in [9.17, 15) is 9.18 Å². The highest BCUT2D eigenvalue weighted by Gasteiger charge is 2.11. The van der Waals surface area contributed by atoms with Gasteiger partial charge in [-0.25, -0.2) is 4.39 Å². The van der Waals surface area contributed by atoms with Crippen LogP contribution < -0.4 is 10.6 Å². The maximum atomic E-state index is 13.0. The Labute approximate surface area is 114 Å². The van der Waals surface area contributed by atoms with E-state index < -0.39 is 0 Å². The standard InChI is InChI=1S/C15H23FN2O/c1-11(2)10-18-15(19)12(3)17-8-7-13-5-4-6-14(16)9-13/h4-6,9,11-12,17H,7-8,10H2,1-3H3,(H,18,19). The summed E-state index contributed by atoms with van der Waals surface area (Å²) < 4.78 is 13.0. The average molecular weight is 266 g/mol. The van der Waals surface area contributed by atoms with Gasteiger partial charge >= 0.3 is 0 Å². The summed E-state index contributed by atoms with van der Waals surface area (Å²) in [7, 11) is 0. The average Bonchev–Trinajstić information content (AvgIpc) is 2.35. The third-order valence-corrected chi connectivity index (χ3v) is 2.83. The van der Waals surface area contributed by atoms with Gasteiger partial charge in [0.2, 0.25) is 5.91 Å². The fourth-order valence-electron chi connectivity index (χ4n) is 1.68. The Morgan fingerprint density at radius 1 is 1.32 bits per heavy atom. The Morgan fingerprint density at radius 2 is 2.05 bits per heavy atom. The van der Waals surface area contributed by atoms with Crippen LogP contribution in [0.1, 0.15) is 26.3 Å². The molecular formula is C15H23FN2O. The third-order valence-electron chi connectivity index (χ3n) is 2.83. The molecule has 19 heavy (non-hydrogen) atoms. The molecule has 1 unspecified atom stereocenters. The molecule has 0 aliphatic heterocycles. The minimum atomic E-state index is -0.229. The molecular weight excluding hydrogens is 243 g/mol. The van der Waals surface area contributed by atoms with E-state index in [2.05, 4.69) is 24.5 Å². The molecule has 106 valence electrons. The molecule has 1 rings (SSSR count). The number of hydrogen-bond acceptors (Lipinski definition) is 2. The van der Waals surface area contributed by atoms with Crippen molar-refractivity contribution in [1.29, 1.82) is 0 Å². The Kier molecular flexibility index (Phi) is 6.50. The second-order valence-electron chi connectivity index (χ2n) is 5.19. The van der Waals surface area contributed by atoms with E-state index in [4.69, 9.17) is 0 Å². The maximum absolute atomic E-state index is 13.0. The first-order valence-electron chi connectivity index (χ1n) is 6.74. The molecule has 1 aromatic carbocycles. The molecule has 0 aliphatic carbocycles. The minimum absolute atomic E-state index is 0.00735. The topological polar surface area (TPSA) is 41.1 Å². The first kappa shape index (κ1) is 15.6. The van der Waals surface area contributed by atoms with Crippen molar-refractivity contribution in [3.63, 3.8) is 0 Å². The number of amides is 1. The van der Waals surface area contributed by atoms with Gasteiger partial charge in [-0.05, 0) is 43.5 Å². The van der Waals surface area contributed by atoms with Gasteiger partial charge in [-0.2, -0.15) is 0 Å². The first-order valence-corrected chi connectivity index (χ1v) is 6.74.